The number of aliphatic hydroxyl groups excluding tert-OH is 1. The quantitative estimate of drug-likeness (QED) is 0.363. The van der Waals surface area contributed by atoms with Gasteiger partial charge in [0.15, 0.2) is 0 Å². The molecule has 0 aliphatic heterocycles. The molecule has 0 amide bonds. The first-order valence-corrected chi connectivity index (χ1v) is 5.03. The number of carboxylic acid groups (broad SMARTS) is 1. The summed E-state index contributed by atoms with van der Waals surface area (Å²) >= 11 is 0. The van der Waals surface area contributed by atoms with Gasteiger partial charge in [0.05, 0.1) is 34.4 Å². The molecule has 0 fully saturated rings. The lowest BCUT2D eigenvalue weighted by Crippen LogP contribution is -2.42. The number of aliphatic hydroxyl groups is 1. The molecule has 0 aliphatic carbocycles. The molecular weight excluding hydrogens is 210 g/mol. The van der Waals surface area contributed by atoms with Gasteiger partial charge in [0.1, 0.15) is 12.6 Å². The molecule has 0 aromatic heterocycles. The fraction of sp³-hybridized carbons (Fsp3) is 0.727. The van der Waals surface area contributed by atoms with Crippen molar-refractivity contribution in [1.82, 2.24) is 0 Å². The van der Waals surface area contributed by atoms with Crippen LogP contribution in [0.15, 0.2) is 12.7 Å². The highest BCUT2D eigenvalue weighted by molar-refractivity contribution is 5.60. The Morgan fingerprint density at radius 2 is 2.00 bits per heavy atom. The van der Waals surface area contributed by atoms with Gasteiger partial charge >= 0.3 is 0 Å². The van der Waals surface area contributed by atoms with Crippen molar-refractivity contribution in [2.24, 2.45) is 0 Å². The lowest BCUT2D eigenvalue weighted by atomic mass is 10.3. The van der Waals surface area contributed by atoms with Crippen molar-refractivity contribution in [3.05, 3.63) is 12.7 Å². The normalized spacial score (nSPS) is 12.3. The van der Waals surface area contributed by atoms with E-state index >= 15 is 0 Å². The summed E-state index contributed by atoms with van der Waals surface area (Å²) in [7, 11) is 6.12. The van der Waals surface area contributed by atoms with Gasteiger partial charge in [-0.05, 0) is 6.92 Å². The Bertz CT molecular complexity index is 195. The zero-order valence-corrected chi connectivity index (χ0v) is 10.6. The maximum absolute atomic E-state index is 9.44. The van der Waals surface area contributed by atoms with E-state index in [1.165, 1.54) is 0 Å². The number of quaternary nitrogens is 1. The maximum Gasteiger partial charge on any atom is 0.126 e. The molecule has 0 aliphatic rings. The zero-order valence-electron chi connectivity index (χ0n) is 10.6. The van der Waals surface area contributed by atoms with Crippen LogP contribution in [0.4, 0.5) is 0 Å². The Morgan fingerprint density at radius 1 is 1.56 bits per heavy atom. The summed E-state index contributed by atoms with van der Waals surface area (Å²) in [5, 5.41) is 18.3. The minimum absolute atomic E-state index is 0.384. The van der Waals surface area contributed by atoms with E-state index in [0.29, 0.717) is 19.8 Å². The van der Waals surface area contributed by atoms with Crippen LogP contribution >= 0.6 is 0 Å². The fourth-order valence-electron chi connectivity index (χ4n) is 0.972. The number of rotatable bonds is 6. The third-order valence-electron chi connectivity index (χ3n) is 1.30. The molecule has 0 aromatic carbocycles. The molecule has 1 N–H and O–H groups in total. The monoisotopic (exact) mass is 233 g/mol. The summed E-state index contributed by atoms with van der Waals surface area (Å²) in [6.07, 6.45) is 1.29. The van der Waals surface area contributed by atoms with Crippen molar-refractivity contribution < 1.29 is 24.2 Å². The van der Waals surface area contributed by atoms with Crippen molar-refractivity contribution in [3.63, 3.8) is 0 Å². The molecule has 0 spiro atoms. The van der Waals surface area contributed by atoms with Gasteiger partial charge < -0.3 is 24.2 Å². The van der Waals surface area contributed by atoms with E-state index in [-0.39, 0.29) is 6.10 Å². The van der Waals surface area contributed by atoms with Gasteiger partial charge in [-0.25, -0.2) is 0 Å². The van der Waals surface area contributed by atoms with Gasteiger partial charge in [0.25, 0.3) is 0 Å². The van der Waals surface area contributed by atoms with Gasteiger partial charge in [-0.15, -0.1) is 6.58 Å². The molecule has 0 aromatic rings. The van der Waals surface area contributed by atoms with Crippen LogP contribution in [0.5, 0.6) is 0 Å². The average Bonchev–Trinajstić information content (AvgIpc) is 1.99. The largest absolute Gasteiger partial charge is 0.550 e. The molecule has 0 heterocycles. The van der Waals surface area contributed by atoms with Gasteiger partial charge in [-0.2, -0.15) is 0 Å². The summed E-state index contributed by atoms with van der Waals surface area (Å²) in [5.74, 6) is -1.08. The van der Waals surface area contributed by atoms with Crippen LogP contribution in [0, 0.1) is 0 Å². The number of likely N-dealkylation sites (N-methyl/N-ethyl adjacent to an activating group) is 1. The van der Waals surface area contributed by atoms with Crippen molar-refractivity contribution in [3.8, 4) is 0 Å². The molecule has 0 rings (SSSR count). The van der Waals surface area contributed by atoms with E-state index < -0.39 is 5.97 Å². The van der Waals surface area contributed by atoms with Gasteiger partial charge in [0, 0.05) is 5.97 Å². The topological polar surface area (TPSA) is 69.6 Å². The Labute approximate surface area is 97.5 Å². The van der Waals surface area contributed by atoms with E-state index in [9.17, 15) is 5.11 Å². The number of nitrogens with zero attached hydrogens (tertiary/aromatic N) is 1. The van der Waals surface area contributed by atoms with Gasteiger partial charge in [-0.1, -0.05) is 6.08 Å². The zero-order chi connectivity index (χ0) is 13.2. The van der Waals surface area contributed by atoms with E-state index in [2.05, 4.69) is 6.58 Å². The molecule has 0 saturated heterocycles. The highest BCUT2D eigenvalue weighted by atomic mass is 16.5. The molecule has 5 heteroatoms. The number of ether oxygens (including phenoxy) is 1. The molecule has 5 nitrogen and oxygen atoms in total. The highest BCUT2D eigenvalue weighted by Crippen LogP contribution is 1.95. The number of aliphatic carboxylic acids is 1. The second kappa shape index (κ2) is 9.33. The minimum Gasteiger partial charge on any atom is -0.550 e. The van der Waals surface area contributed by atoms with E-state index in [4.69, 9.17) is 14.6 Å². The first-order valence-electron chi connectivity index (χ1n) is 5.03. The SMILES string of the molecule is C=CCOCC(O)C[N+](C)(C)C.CC(=O)[O-]. The molecule has 1 unspecified atom stereocenters. The summed E-state index contributed by atoms with van der Waals surface area (Å²) in [4.78, 5) is 8.89. The summed E-state index contributed by atoms with van der Waals surface area (Å²) in [6.45, 7) is 6.10. The van der Waals surface area contributed by atoms with Gasteiger partial charge in [0.2, 0.25) is 0 Å². The van der Waals surface area contributed by atoms with E-state index in [1.807, 2.05) is 21.1 Å². The van der Waals surface area contributed by atoms with Crippen LogP contribution in [0.1, 0.15) is 6.92 Å². The first kappa shape index (κ1) is 17.5. The first-order chi connectivity index (χ1) is 7.19. The summed E-state index contributed by atoms with van der Waals surface area (Å²) in [5.41, 5.74) is 0. The predicted octanol–water partition coefficient (Wildman–Crippen LogP) is -0.988. The standard InChI is InChI=1S/C9H20NO2.C2H4O2/c1-5-6-12-8-9(11)7-10(2,3)4;1-2(3)4/h5,9,11H,1,6-8H2,2-4H3;1H3,(H,3,4)/q+1;/p-1. The smallest absolute Gasteiger partial charge is 0.126 e. The average molecular weight is 233 g/mol. The number of carbonyl (C=O) groups excluding carboxylic acids is 1. The minimum atomic E-state index is -1.08. The van der Waals surface area contributed by atoms with Crippen LogP contribution in [-0.4, -0.2) is 62.6 Å². The molecule has 96 valence electrons. The van der Waals surface area contributed by atoms with Crippen molar-refractivity contribution in [2.45, 2.75) is 13.0 Å². The predicted molar refractivity (Wildman–Crippen MR) is 60.6 cm³/mol. The number of hydrogen-bond donors (Lipinski definition) is 1. The molecule has 0 saturated carbocycles. The van der Waals surface area contributed by atoms with Crippen LogP contribution < -0.4 is 5.11 Å². The molecular formula is C11H23NO4. The van der Waals surface area contributed by atoms with Gasteiger partial charge in [-0.3, -0.25) is 0 Å². The molecule has 0 radical (unpaired) electrons. The molecule has 16 heavy (non-hydrogen) atoms. The molecule has 0 bridgehead atoms. The van der Waals surface area contributed by atoms with Crippen LogP contribution in [0.3, 0.4) is 0 Å². The molecule has 1 atom stereocenters. The lowest BCUT2D eigenvalue weighted by Gasteiger charge is -2.26. The lowest BCUT2D eigenvalue weighted by molar-refractivity contribution is -0.873. The fourth-order valence-corrected chi connectivity index (χ4v) is 0.972. The van der Waals surface area contributed by atoms with Crippen LogP contribution in [-0.2, 0) is 9.53 Å². The summed E-state index contributed by atoms with van der Waals surface area (Å²) < 4.78 is 5.86. The second-order valence-electron chi connectivity index (χ2n) is 4.44. The number of hydrogen-bond acceptors (Lipinski definition) is 4. The van der Waals surface area contributed by atoms with Crippen LogP contribution in [0.25, 0.3) is 0 Å². The van der Waals surface area contributed by atoms with E-state index in [1.54, 1.807) is 6.08 Å². The number of carbonyl (C=O) groups is 1. The van der Waals surface area contributed by atoms with Crippen LogP contribution in [0.2, 0.25) is 0 Å². The Hall–Kier alpha value is -0.910. The summed E-state index contributed by atoms with van der Waals surface area (Å²) in [6, 6.07) is 0. The Balaban J connectivity index is 0. The Morgan fingerprint density at radius 3 is 2.31 bits per heavy atom. The second-order valence-corrected chi connectivity index (χ2v) is 4.44. The highest BCUT2D eigenvalue weighted by Gasteiger charge is 2.14. The maximum atomic E-state index is 9.44. The van der Waals surface area contributed by atoms with Crippen molar-refractivity contribution in [2.75, 3.05) is 40.9 Å². The third-order valence-corrected chi connectivity index (χ3v) is 1.30. The van der Waals surface area contributed by atoms with Crippen molar-refractivity contribution in [1.29, 1.82) is 0 Å². The van der Waals surface area contributed by atoms with Crippen molar-refractivity contribution >= 4 is 5.97 Å². The number of carboxylic acids is 1. The third kappa shape index (κ3) is 23.2. The Kier molecular flexibility index (Phi) is 10.2. The van der Waals surface area contributed by atoms with E-state index in [0.717, 1.165) is 11.4 Å².